The first-order valence-electron chi connectivity index (χ1n) is 9.78. The van der Waals surface area contributed by atoms with Crippen molar-refractivity contribution < 1.29 is 14.3 Å². The van der Waals surface area contributed by atoms with Crippen molar-refractivity contribution >= 4 is 5.91 Å². The normalized spacial score (nSPS) is 16.3. The summed E-state index contributed by atoms with van der Waals surface area (Å²) in [4.78, 5) is 14.4. The van der Waals surface area contributed by atoms with Crippen LogP contribution in [0.1, 0.15) is 12.8 Å². The van der Waals surface area contributed by atoms with Gasteiger partial charge < -0.3 is 14.4 Å². The Labute approximate surface area is 170 Å². The lowest BCUT2D eigenvalue weighted by Crippen LogP contribution is -2.46. The van der Waals surface area contributed by atoms with Crippen LogP contribution in [0.15, 0.2) is 72.9 Å². The highest BCUT2D eigenvalue weighted by Crippen LogP contribution is 2.22. The molecule has 0 N–H and O–H groups in total. The average molecular weight is 389 g/mol. The van der Waals surface area contributed by atoms with Crippen molar-refractivity contribution in [2.75, 3.05) is 19.7 Å². The molecule has 6 heteroatoms. The van der Waals surface area contributed by atoms with Gasteiger partial charge in [-0.3, -0.25) is 4.79 Å². The third kappa shape index (κ3) is 5.10. The zero-order valence-corrected chi connectivity index (χ0v) is 16.1. The molecule has 1 saturated heterocycles. The first-order valence-corrected chi connectivity index (χ1v) is 9.78. The molecule has 29 heavy (non-hydrogen) atoms. The van der Waals surface area contributed by atoms with Crippen molar-refractivity contribution in [3.8, 4) is 22.8 Å². The van der Waals surface area contributed by atoms with Crippen LogP contribution in [0.3, 0.4) is 0 Å². The van der Waals surface area contributed by atoms with Gasteiger partial charge in [0, 0.05) is 18.8 Å². The smallest absolute Gasteiger partial charge is 0.260 e. The van der Waals surface area contributed by atoms with Crippen LogP contribution < -0.4 is 9.47 Å². The van der Waals surface area contributed by atoms with Crippen LogP contribution >= 0.6 is 0 Å². The summed E-state index contributed by atoms with van der Waals surface area (Å²) in [6.45, 7) is 1.27. The molecule has 1 unspecified atom stereocenters. The van der Waals surface area contributed by atoms with E-state index in [-0.39, 0.29) is 18.6 Å². The fourth-order valence-corrected chi connectivity index (χ4v) is 3.39. The standard InChI is InChI=1S/C23H23N3O3/c27-23(26-15-5-8-21(16-26)29-22-9-4-14-24-25-22)17-28-20-12-10-19(11-13-20)18-6-2-1-3-7-18/h1-4,6-7,9-14,21H,5,8,15-17H2. The molecule has 1 aromatic heterocycles. The summed E-state index contributed by atoms with van der Waals surface area (Å²) in [5.41, 5.74) is 2.27. The molecule has 1 amide bonds. The lowest BCUT2D eigenvalue weighted by molar-refractivity contribution is -0.136. The summed E-state index contributed by atoms with van der Waals surface area (Å²) >= 11 is 0. The minimum atomic E-state index is -0.0745. The Morgan fingerprint density at radius 1 is 1.00 bits per heavy atom. The van der Waals surface area contributed by atoms with Gasteiger partial charge in [0.25, 0.3) is 5.91 Å². The number of benzene rings is 2. The highest BCUT2D eigenvalue weighted by atomic mass is 16.5. The second-order valence-corrected chi connectivity index (χ2v) is 6.96. The number of ether oxygens (including phenoxy) is 2. The second kappa shape index (κ2) is 9.19. The number of hydrogen-bond acceptors (Lipinski definition) is 5. The summed E-state index contributed by atoms with van der Waals surface area (Å²) in [6.07, 6.45) is 3.31. The molecule has 1 aliphatic rings. The summed E-state index contributed by atoms with van der Waals surface area (Å²) in [5, 5.41) is 7.76. The summed E-state index contributed by atoms with van der Waals surface area (Å²) in [6, 6.07) is 21.5. The number of hydrogen-bond donors (Lipinski definition) is 0. The minimum Gasteiger partial charge on any atom is -0.484 e. The lowest BCUT2D eigenvalue weighted by Gasteiger charge is -2.32. The van der Waals surface area contributed by atoms with E-state index in [2.05, 4.69) is 22.3 Å². The van der Waals surface area contributed by atoms with Crippen LogP contribution in [0.25, 0.3) is 11.1 Å². The van der Waals surface area contributed by atoms with Crippen LogP contribution in [0.4, 0.5) is 0 Å². The Morgan fingerprint density at radius 2 is 1.79 bits per heavy atom. The van der Waals surface area contributed by atoms with Crippen LogP contribution in [0.5, 0.6) is 11.6 Å². The van der Waals surface area contributed by atoms with E-state index in [0.717, 1.165) is 30.5 Å². The van der Waals surface area contributed by atoms with Crippen molar-refractivity contribution in [1.82, 2.24) is 15.1 Å². The fourth-order valence-electron chi connectivity index (χ4n) is 3.39. The SMILES string of the molecule is O=C(COc1ccc(-c2ccccc2)cc1)N1CCCC(Oc2cccnn2)C1. The van der Waals surface area contributed by atoms with Gasteiger partial charge in [-0.15, -0.1) is 5.10 Å². The molecule has 0 bridgehead atoms. The average Bonchev–Trinajstić information content (AvgIpc) is 2.79. The minimum absolute atomic E-state index is 0.0164. The Balaban J connectivity index is 1.29. The van der Waals surface area contributed by atoms with Gasteiger partial charge >= 0.3 is 0 Å². The van der Waals surface area contributed by atoms with E-state index in [1.165, 1.54) is 0 Å². The number of carbonyl (C=O) groups excluding carboxylic acids is 1. The molecule has 0 aliphatic carbocycles. The predicted octanol–water partition coefficient (Wildman–Crippen LogP) is 3.59. The maximum Gasteiger partial charge on any atom is 0.260 e. The maximum absolute atomic E-state index is 12.6. The van der Waals surface area contributed by atoms with E-state index < -0.39 is 0 Å². The Bertz CT molecular complexity index is 917. The van der Waals surface area contributed by atoms with Crippen LogP contribution in [-0.4, -0.2) is 46.8 Å². The van der Waals surface area contributed by atoms with Crippen LogP contribution in [-0.2, 0) is 4.79 Å². The van der Waals surface area contributed by atoms with E-state index in [4.69, 9.17) is 9.47 Å². The molecule has 1 atom stereocenters. The monoisotopic (exact) mass is 389 g/mol. The van der Waals surface area contributed by atoms with Crippen molar-refractivity contribution in [3.63, 3.8) is 0 Å². The molecule has 0 saturated carbocycles. The highest BCUT2D eigenvalue weighted by molar-refractivity contribution is 5.78. The molecule has 0 spiro atoms. The zero-order valence-electron chi connectivity index (χ0n) is 16.1. The number of nitrogens with zero attached hydrogens (tertiary/aromatic N) is 3. The van der Waals surface area contributed by atoms with Gasteiger partial charge in [-0.05, 0) is 42.2 Å². The van der Waals surface area contributed by atoms with E-state index in [1.807, 2.05) is 42.5 Å². The van der Waals surface area contributed by atoms with E-state index in [0.29, 0.717) is 18.2 Å². The Kier molecular flexibility index (Phi) is 6.00. The summed E-state index contributed by atoms with van der Waals surface area (Å²) in [7, 11) is 0. The number of carbonyl (C=O) groups is 1. The van der Waals surface area contributed by atoms with E-state index in [1.54, 1.807) is 23.2 Å². The summed E-state index contributed by atoms with van der Waals surface area (Å²) in [5.74, 6) is 1.13. The topological polar surface area (TPSA) is 64.5 Å². The molecular formula is C23H23N3O3. The molecule has 2 heterocycles. The molecule has 4 rings (SSSR count). The number of aromatic nitrogens is 2. The first kappa shape index (κ1) is 18.9. The first-order chi connectivity index (χ1) is 14.3. The largest absolute Gasteiger partial charge is 0.484 e. The molecule has 148 valence electrons. The molecule has 1 aliphatic heterocycles. The zero-order chi connectivity index (χ0) is 19.9. The highest BCUT2D eigenvalue weighted by Gasteiger charge is 2.25. The lowest BCUT2D eigenvalue weighted by atomic mass is 10.1. The third-order valence-electron chi connectivity index (χ3n) is 4.89. The van der Waals surface area contributed by atoms with E-state index >= 15 is 0 Å². The number of likely N-dealkylation sites (tertiary alicyclic amines) is 1. The van der Waals surface area contributed by atoms with Gasteiger partial charge in [0.2, 0.25) is 5.88 Å². The van der Waals surface area contributed by atoms with Gasteiger partial charge in [0.1, 0.15) is 11.9 Å². The van der Waals surface area contributed by atoms with Crippen molar-refractivity contribution in [2.45, 2.75) is 18.9 Å². The third-order valence-corrected chi connectivity index (χ3v) is 4.89. The molecule has 3 aromatic rings. The van der Waals surface area contributed by atoms with Crippen LogP contribution in [0, 0.1) is 0 Å². The molecule has 6 nitrogen and oxygen atoms in total. The summed E-state index contributed by atoms with van der Waals surface area (Å²) < 4.78 is 11.6. The van der Waals surface area contributed by atoms with Gasteiger partial charge in [-0.25, -0.2) is 0 Å². The maximum atomic E-state index is 12.6. The van der Waals surface area contributed by atoms with Crippen LogP contribution in [0.2, 0.25) is 0 Å². The number of amides is 1. The molecule has 0 radical (unpaired) electrons. The second-order valence-electron chi connectivity index (χ2n) is 6.96. The van der Waals surface area contributed by atoms with Gasteiger partial charge in [-0.1, -0.05) is 42.5 Å². The van der Waals surface area contributed by atoms with E-state index in [9.17, 15) is 4.79 Å². The van der Waals surface area contributed by atoms with Gasteiger partial charge in [-0.2, -0.15) is 5.10 Å². The Morgan fingerprint density at radius 3 is 2.55 bits per heavy atom. The fraction of sp³-hybridized carbons (Fsp3) is 0.261. The molecule has 2 aromatic carbocycles. The molecule has 1 fully saturated rings. The van der Waals surface area contributed by atoms with Crippen molar-refractivity contribution in [3.05, 3.63) is 72.9 Å². The quantitative estimate of drug-likeness (QED) is 0.645. The predicted molar refractivity (Wildman–Crippen MR) is 110 cm³/mol. The van der Waals surface area contributed by atoms with Gasteiger partial charge in [0.15, 0.2) is 6.61 Å². The number of piperidine rings is 1. The van der Waals surface area contributed by atoms with Crippen molar-refractivity contribution in [1.29, 1.82) is 0 Å². The Hall–Kier alpha value is -3.41. The van der Waals surface area contributed by atoms with Crippen molar-refractivity contribution in [2.24, 2.45) is 0 Å². The molecular weight excluding hydrogens is 366 g/mol. The number of rotatable bonds is 6. The van der Waals surface area contributed by atoms with Gasteiger partial charge in [0.05, 0.1) is 6.54 Å².